The maximum Gasteiger partial charge on any atom is 0.115 e. The molecule has 2 heteroatoms. The van der Waals surface area contributed by atoms with Gasteiger partial charge >= 0.3 is 0 Å². The van der Waals surface area contributed by atoms with Gasteiger partial charge < -0.3 is 0 Å². The molecule has 0 aliphatic carbocycles. The van der Waals surface area contributed by atoms with Crippen molar-refractivity contribution in [3.8, 4) is 0 Å². The van der Waals surface area contributed by atoms with Crippen molar-refractivity contribution in [2.75, 3.05) is 6.67 Å². The predicted molar refractivity (Wildman–Crippen MR) is 49.2 cm³/mol. The van der Waals surface area contributed by atoms with E-state index in [2.05, 4.69) is 22.5 Å². The summed E-state index contributed by atoms with van der Waals surface area (Å²) in [7, 11) is 0. The highest BCUT2D eigenvalue weighted by Gasteiger charge is 1.96. The van der Waals surface area contributed by atoms with Crippen molar-refractivity contribution >= 4 is 21.5 Å². The molecule has 0 spiro atoms. The van der Waals surface area contributed by atoms with Crippen LogP contribution in [0.15, 0.2) is 35.3 Å². The maximum absolute atomic E-state index is 12.1. The second-order valence-electron chi connectivity index (χ2n) is 2.24. The van der Waals surface area contributed by atoms with Crippen LogP contribution in [0.3, 0.4) is 0 Å². The first-order chi connectivity index (χ1) is 5.24. The van der Waals surface area contributed by atoms with Gasteiger partial charge in [-0.15, -0.1) is 0 Å². The first-order valence-electron chi connectivity index (χ1n) is 3.23. The third-order valence-corrected chi connectivity index (χ3v) is 1.94. The van der Waals surface area contributed by atoms with Crippen LogP contribution in [0.4, 0.5) is 4.39 Å². The SMILES string of the molecule is C=C(CF)c1ccc(Br)cc1. The second-order valence-corrected chi connectivity index (χ2v) is 3.16. The quantitative estimate of drug-likeness (QED) is 0.708. The molecule has 0 aliphatic rings. The smallest absolute Gasteiger partial charge is 0.115 e. The van der Waals surface area contributed by atoms with Gasteiger partial charge in [-0.25, -0.2) is 4.39 Å². The molecule has 0 aliphatic heterocycles. The van der Waals surface area contributed by atoms with Gasteiger partial charge in [0.05, 0.1) is 0 Å². The molecule has 0 nitrogen and oxygen atoms in total. The molecule has 11 heavy (non-hydrogen) atoms. The summed E-state index contributed by atoms with van der Waals surface area (Å²) in [5.74, 6) is 0. The Hall–Kier alpha value is -0.630. The third-order valence-electron chi connectivity index (χ3n) is 1.41. The van der Waals surface area contributed by atoms with Crippen LogP contribution in [-0.4, -0.2) is 6.67 Å². The molecule has 0 fully saturated rings. The van der Waals surface area contributed by atoms with Crippen molar-refractivity contribution in [2.45, 2.75) is 0 Å². The molecule has 1 rings (SSSR count). The second kappa shape index (κ2) is 3.67. The molecule has 0 aromatic heterocycles. The Morgan fingerprint density at radius 2 is 1.91 bits per heavy atom. The minimum atomic E-state index is -0.484. The average molecular weight is 215 g/mol. The van der Waals surface area contributed by atoms with Crippen molar-refractivity contribution in [3.63, 3.8) is 0 Å². The minimum Gasteiger partial charge on any atom is -0.246 e. The summed E-state index contributed by atoms with van der Waals surface area (Å²) in [5, 5.41) is 0. The highest BCUT2D eigenvalue weighted by atomic mass is 79.9. The van der Waals surface area contributed by atoms with Crippen LogP contribution >= 0.6 is 15.9 Å². The topological polar surface area (TPSA) is 0 Å². The van der Waals surface area contributed by atoms with Crippen LogP contribution in [0.2, 0.25) is 0 Å². The number of rotatable bonds is 2. The average Bonchev–Trinajstić information content (AvgIpc) is 2.05. The largest absolute Gasteiger partial charge is 0.246 e. The molecule has 0 unspecified atom stereocenters. The summed E-state index contributed by atoms with van der Waals surface area (Å²) in [6.45, 7) is 3.10. The van der Waals surface area contributed by atoms with Crippen LogP contribution < -0.4 is 0 Å². The Balaban J connectivity index is 2.90. The van der Waals surface area contributed by atoms with Gasteiger partial charge in [-0.2, -0.15) is 0 Å². The van der Waals surface area contributed by atoms with E-state index in [4.69, 9.17) is 0 Å². The van der Waals surface area contributed by atoms with Crippen LogP contribution in [-0.2, 0) is 0 Å². The van der Waals surface area contributed by atoms with Gasteiger partial charge in [-0.05, 0) is 23.3 Å². The Kier molecular flexibility index (Phi) is 2.83. The molecule has 0 bridgehead atoms. The van der Waals surface area contributed by atoms with E-state index in [1.807, 2.05) is 24.3 Å². The lowest BCUT2D eigenvalue weighted by Gasteiger charge is -1.99. The highest BCUT2D eigenvalue weighted by Crippen LogP contribution is 2.16. The summed E-state index contributed by atoms with van der Waals surface area (Å²) in [6.07, 6.45) is 0. The van der Waals surface area contributed by atoms with Gasteiger partial charge in [0.25, 0.3) is 0 Å². The summed E-state index contributed by atoms with van der Waals surface area (Å²) < 4.78 is 13.1. The Morgan fingerprint density at radius 3 is 2.36 bits per heavy atom. The zero-order valence-corrected chi connectivity index (χ0v) is 7.57. The van der Waals surface area contributed by atoms with E-state index < -0.39 is 6.67 Å². The standard InChI is InChI=1S/C9H8BrF/c1-7(6-11)8-2-4-9(10)5-3-8/h2-5H,1,6H2. The first kappa shape index (κ1) is 8.47. The van der Waals surface area contributed by atoms with Crippen LogP contribution in [0.1, 0.15) is 5.56 Å². The molecule has 58 valence electrons. The fourth-order valence-electron chi connectivity index (χ4n) is 0.763. The molecule has 1 aromatic carbocycles. The lowest BCUT2D eigenvalue weighted by Crippen LogP contribution is -1.82. The van der Waals surface area contributed by atoms with Gasteiger partial charge in [-0.3, -0.25) is 0 Å². The number of alkyl halides is 1. The van der Waals surface area contributed by atoms with Crippen LogP contribution in [0.5, 0.6) is 0 Å². The van der Waals surface area contributed by atoms with Gasteiger partial charge in [-0.1, -0.05) is 34.6 Å². The molecule has 1 aromatic rings. The normalized spacial score (nSPS) is 9.64. The van der Waals surface area contributed by atoms with Gasteiger partial charge in [0, 0.05) is 4.47 Å². The van der Waals surface area contributed by atoms with E-state index in [1.54, 1.807) is 0 Å². The highest BCUT2D eigenvalue weighted by molar-refractivity contribution is 9.10. The third kappa shape index (κ3) is 2.15. The molecule has 0 amide bonds. The van der Waals surface area contributed by atoms with E-state index >= 15 is 0 Å². The zero-order chi connectivity index (χ0) is 8.27. The summed E-state index contributed by atoms with van der Waals surface area (Å²) in [5.41, 5.74) is 1.38. The number of hydrogen-bond acceptors (Lipinski definition) is 0. The van der Waals surface area contributed by atoms with Crippen molar-refractivity contribution in [1.29, 1.82) is 0 Å². The molecular formula is C9H8BrF. The molecule has 0 saturated carbocycles. The van der Waals surface area contributed by atoms with Gasteiger partial charge in [0.1, 0.15) is 6.67 Å². The molecule has 0 N–H and O–H groups in total. The number of allylic oxidation sites excluding steroid dienone is 1. The predicted octanol–water partition coefficient (Wildman–Crippen LogP) is 3.43. The Morgan fingerprint density at radius 1 is 1.36 bits per heavy atom. The van der Waals surface area contributed by atoms with E-state index in [1.165, 1.54) is 0 Å². The maximum atomic E-state index is 12.1. The van der Waals surface area contributed by atoms with E-state index in [0.29, 0.717) is 5.57 Å². The first-order valence-corrected chi connectivity index (χ1v) is 4.03. The van der Waals surface area contributed by atoms with Crippen molar-refractivity contribution in [1.82, 2.24) is 0 Å². The molecular weight excluding hydrogens is 207 g/mol. The molecule has 0 atom stereocenters. The molecule has 0 heterocycles. The summed E-state index contributed by atoms with van der Waals surface area (Å²) in [4.78, 5) is 0. The number of halogens is 2. The van der Waals surface area contributed by atoms with Crippen molar-refractivity contribution < 1.29 is 4.39 Å². The van der Waals surface area contributed by atoms with Gasteiger partial charge in [0.2, 0.25) is 0 Å². The van der Waals surface area contributed by atoms with E-state index in [0.717, 1.165) is 10.0 Å². The van der Waals surface area contributed by atoms with Crippen LogP contribution in [0.25, 0.3) is 5.57 Å². The molecule has 0 radical (unpaired) electrons. The monoisotopic (exact) mass is 214 g/mol. The van der Waals surface area contributed by atoms with E-state index in [-0.39, 0.29) is 0 Å². The lowest BCUT2D eigenvalue weighted by atomic mass is 10.1. The van der Waals surface area contributed by atoms with Crippen molar-refractivity contribution in [2.24, 2.45) is 0 Å². The Labute approximate surface area is 73.9 Å². The van der Waals surface area contributed by atoms with Crippen LogP contribution in [0, 0.1) is 0 Å². The number of benzene rings is 1. The lowest BCUT2D eigenvalue weighted by molar-refractivity contribution is 0.572. The van der Waals surface area contributed by atoms with Crippen molar-refractivity contribution in [3.05, 3.63) is 40.9 Å². The fraction of sp³-hybridized carbons (Fsp3) is 0.111. The Bertz CT molecular complexity index is 251. The summed E-state index contributed by atoms with van der Waals surface area (Å²) >= 11 is 3.29. The molecule has 0 saturated heterocycles. The minimum absolute atomic E-state index is 0.484. The summed E-state index contributed by atoms with van der Waals surface area (Å²) in [6, 6.07) is 7.42. The zero-order valence-electron chi connectivity index (χ0n) is 5.98. The van der Waals surface area contributed by atoms with Gasteiger partial charge in [0.15, 0.2) is 0 Å². The van der Waals surface area contributed by atoms with E-state index in [9.17, 15) is 4.39 Å². The number of hydrogen-bond donors (Lipinski definition) is 0. The fourth-order valence-corrected chi connectivity index (χ4v) is 1.03.